The first-order valence-corrected chi connectivity index (χ1v) is 7.34. The maximum atomic E-state index is 12.2. The van der Waals surface area contributed by atoms with Crippen LogP contribution in [-0.4, -0.2) is 48.2 Å². The molecule has 1 saturated heterocycles. The summed E-state index contributed by atoms with van der Waals surface area (Å²) in [7, 11) is 0. The third-order valence-corrected chi connectivity index (χ3v) is 4.46. The molecule has 0 bridgehead atoms. The second-order valence-electron chi connectivity index (χ2n) is 5.92. The van der Waals surface area contributed by atoms with Gasteiger partial charge in [0.2, 0.25) is 5.91 Å². The van der Waals surface area contributed by atoms with Crippen LogP contribution in [0.5, 0.6) is 0 Å². The fourth-order valence-electron chi connectivity index (χ4n) is 3.30. The molecule has 1 aliphatic heterocycles. The summed E-state index contributed by atoms with van der Waals surface area (Å²) in [4.78, 5) is 14.2. The van der Waals surface area contributed by atoms with E-state index in [-0.39, 0.29) is 24.0 Å². The number of hydrogen-bond donors (Lipinski definition) is 2. The van der Waals surface area contributed by atoms with Crippen LogP contribution < -0.4 is 5.32 Å². The minimum atomic E-state index is -0.00466. The number of aliphatic hydroxyl groups is 1. The van der Waals surface area contributed by atoms with Gasteiger partial charge in [0.1, 0.15) is 0 Å². The summed E-state index contributed by atoms with van der Waals surface area (Å²) in [6.45, 7) is 4.86. The van der Waals surface area contributed by atoms with Crippen molar-refractivity contribution in [2.45, 2.75) is 51.5 Å². The zero-order chi connectivity index (χ0) is 13.0. The highest BCUT2D eigenvalue weighted by Gasteiger charge is 2.39. The van der Waals surface area contributed by atoms with Gasteiger partial charge < -0.3 is 15.3 Å². The lowest BCUT2D eigenvalue weighted by atomic mass is 9.86. The number of amides is 1. The second-order valence-corrected chi connectivity index (χ2v) is 5.92. The smallest absolute Gasteiger partial charge is 0.239 e. The van der Waals surface area contributed by atoms with E-state index >= 15 is 0 Å². The lowest BCUT2D eigenvalue weighted by Crippen LogP contribution is -2.43. The van der Waals surface area contributed by atoms with E-state index in [1.807, 2.05) is 4.90 Å². The van der Waals surface area contributed by atoms with Crippen molar-refractivity contribution in [1.29, 1.82) is 0 Å². The van der Waals surface area contributed by atoms with E-state index in [4.69, 9.17) is 0 Å². The van der Waals surface area contributed by atoms with E-state index in [1.54, 1.807) is 0 Å². The summed E-state index contributed by atoms with van der Waals surface area (Å²) in [6.07, 6.45) is 6.51. The molecule has 2 rings (SSSR count). The van der Waals surface area contributed by atoms with Gasteiger partial charge in [-0.15, -0.1) is 0 Å². The van der Waals surface area contributed by atoms with Crippen LogP contribution in [0.3, 0.4) is 0 Å². The Labute approximate surface area is 110 Å². The number of carbonyl (C=O) groups excluding carboxylic acids is 1. The molecule has 4 heteroatoms. The first kappa shape index (κ1) is 13.8. The van der Waals surface area contributed by atoms with Crippen LogP contribution in [0.25, 0.3) is 0 Å². The SMILES string of the molecule is CCCNC1CCN(CC2(CO)CCCC2)C1=O. The van der Waals surface area contributed by atoms with Crippen molar-refractivity contribution in [3.8, 4) is 0 Å². The van der Waals surface area contributed by atoms with Gasteiger partial charge in [0.15, 0.2) is 0 Å². The molecule has 0 aromatic rings. The van der Waals surface area contributed by atoms with Crippen LogP contribution in [0.2, 0.25) is 0 Å². The van der Waals surface area contributed by atoms with Gasteiger partial charge in [-0.2, -0.15) is 0 Å². The maximum Gasteiger partial charge on any atom is 0.239 e. The van der Waals surface area contributed by atoms with E-state index in [9.17, 15) is 9.90 Å². The van der Waals surface area contributed by atoms with Crippen LogP contribution in [0, 0.1) is 5.41 Å². The Morgan fingerprint density at radius 1 is 1.44 bits per heavy atom. The molecule has 2 fully saturated rings. The Bertz CT molecular complexity index is 288. The molecular formula is C14H26N2O2. The van der Waals surface area contributed by atoms with Gasteiger partial charge in [0.25, 0.3) is 0 Å². The first-order chi connectivity index (χ1) is 8.71. The minimum absolute atomic E-state index is 0.00466. The zero-order valence-electron chi connectivity index (χ0n) is 11.5. The average Bonchev–Trinajstić information content (AvgIpc) is 2.98. The van der Waals surface area contributed by atoms with E-state index in [2.05, 4.69) is 12.2 Å². The number of hydrogen-bond acceptors (Lipinski definition) is 3. The van der Waals surface area contributed by atoms with Crippen molar-refractivity contribution in [2.75, 3.05) is 26.2 Å². The predicted octanol–water partition coefficient (Wildman–Crippen LogP) is 1.14. The Morgan fingerprint density at radius 3 is 2.78 bits per heavy atom. The number of likely N-dealkylation sites (tertiary alicyclic amines) is 1. The van der Waals surface area contributed by atoms with Crippen molar-refractivity contribution in [3.63, 3.8) is 0 Å². The molecule has 18 heavy (non-hydrogen) atoms. The van der Waals surface area contributed by atoms with Gasteiger partial charge >= 0.3 is 0 Å². The molecule has 2 N–H and O–H groups in total. The van der Waals surface area contributed by atoms with Crippen molar-refractivity contribution in [2.24, 2.45) is 5.41 Å². The van der Waals surface area contributed by atoms with Crippen molar-refractivity contribution < 1.29 is 9.90 Å². The molecule has 0 radical (unpaired) electrons. The normalized spacial score (nSPS) is 27.1. The molecule has 0 aromatic carbocycles. The lowest BCUT2D eigenvalue weighted by molar-refractivity contribution is -0.131. The summed E-state index contributed by atoms with van der Waals surface area (Å²) < 4.78 is 0. The molecule has 4 nitrogen and oxygen atoms in total. The first-order valence-electron chi connectivity index (χ1n) is 7.34. The van der Waals surface area contributed by atoms with Gasteiger partial charge in [-0.1, -0.05) is 19.8 Å². The Kier molecular flexibility index (Phi) is 4.62. The van der Waals surface area contributed by atoms with Crippen LogP contribution in [0.15, 0.2) is 0 Å². The molecule has 1 amide bonds. The maximum absolute atomic E-state index is 12.2. The lowest BCUT2D eigenvalue weighted by Gasteiger charge is -2.31. The molecule has 1 saturated carbocycles. The van der Waals surface area contributed by atoms with Gasteiger partial charge in [-0.3, -0.25) is 4.79 Å². The minimum Gasteiger partial charge on any atom is -0.396 e. The molecule has 0 spiro atoms. The van der Waals surface area contributed by atoms with Crippen molar-refractivity contribution >= 4 is 5.91 Å². The third kappa shape index (κ3) is 2.86. The van der Waals surface area contributed by atoms with E-state index in [1.165, 1.54) is 12.8 Å². The fourth-order valence-corrected chi connectivity index (χ4v) is 3.30. The summed E-state index contributed by atoms with van der Waals surface area (Å²) in [6, 6.07) is 0.0158. The number of aliphatic hydroxyl groups excluding tert-OH is 1. The molecular weight excluding hydrogens is 228 g/mol. The second kappa shape index (κ2) is 6.02. The fraction of sp³-hybridized carbons (Fsp3) is 0.929. The molecule has 1 atom stereocenters. The molecule has 104 valence electrons. The molecule has 1 aliphatic carbocycles. The number of nitrogens with zero attached hydrogens (tertiary/aromatic N) is 1. The van der Waals surface area contributed by atoms with E-state index in [0.29, 0.717) is 0 Å². The van der Waals surface area contributed by atoms with Gasteiger partial charge in [0.05, 0.1) is 12.6 Å². The zero-order valence-corrected chi connectivity index (χ0v) is 11.5. The van der Waals surface area contributed by atoms with Crippen molar-refractivity contribution in [1.82, 2.24) is 10.2 Å². The number of carbonyl (C=O) groups is 1. The topological polar surface area (TPSA) is 52.6 Å². The quantitative estimate of drug-likeness (QED) is 0.747. The number of rotatable bonds is 6. The molecule has 0 aromatic heterocycles. The Morgan fingerprint density at radius 2 is 2.17 bits per heavy atom. The van der Waals surface area contributed by atoms with Gasteiger partial charge in [-0.05, 0) is 32.2 Å². The summed E-state index contributed by atoms with van der Waals surface area (Å²) in [5.41, 5.74) is -0.00466. The Hall–Kier alpha value is -0.610. The van der Waals surface area contributed by atoms with E-state index in [0.717, 1.165) is 45.3 Å². The molecule has 2 aliphatic rings. The van der Waals surface area contributed by atoms with Crippen LogP contribution in [0.4, 0.5) is 0 Å². The highest BCUT2D eigenvalue weighted by molar-refractivity contribution is 5.84. The molecule has 1 heterocycles. The monoisotopic (exact) mass is 254 g/mol. The summed E-state index contributed by atoms with van der Waals surface area (Å²) in [5, 5.41) is 12.9. The van der Waals surface area contributed by atoms with Crippen LogP contribution in [-0.2, 0) is 4.79 Å². The standard InChI is InChI=1S/C14H26N2O2/c1-2-8-15-12-5-9-16(13(12)18)10-14(11-17)6-3-4-7-14/h12,15,17H,2-11H2,1H3. The largest absolute Gasteiger partial charge is 0.396 e. The van der Waals surface area contributed by atoms with Crippen LogP contribution in [0.1, 0.15) is 45.4 Å². The third-order valence-electron chi connectivity index (χ3n) is 4.46. The molecule has 1 unspecified atom stereocenters. The average molecular weight is 254 g/mol. The summed E-state index contributed by atoms with van der Waals surface area (Å²) in [5.74, 6) is 0.239. The van der Waals surface area contributed by atoms with Crippen LogP contribution >= 0.6 is 0 Å². The highest BCUT2D eigenvalue weighted by Crippen LogP contribution is 2.39. The predicted molar refractivity (Wildman–Crippen MR) is 71.3 cm³/mol. The summed E-state index contributed by atoms with van der Waals surface area (Å²) >= 11 is 0. The number of nitrogens with one attached hydrogen (secondary N) is 1. The Balaban J connectivity index is 1.88. The van der Waals surface area contributed by atoms with Gasteiger partial charge in [0, 0.05) is 18.5 Å². The highest BCUT2D eigenvalue weighted by atomic mass is 16.3. The van der Waals surface area contributed by atoms with Crippen molar-refractivity contribution in [3.05, 3.63) is 0 Å². The van der Waals surface area contributed by atoms with Gasteiger partial charge in [-0.25, -0.2) is 0 Å². The van der Waals surface area contributed by atoms with E-state index < -0.39 is 0 Å².